The Balaban J connectivity index is 1.99. The van der Waals surface area contributed by atoms with Crippen molar-refractivity contribution < 1.29 is 14.6 Å². The lowest BCUT2D eigenvalue weighted by Crippen LogP contribution is -2.45. The SMILES string of the molecule is COC[C@@H]1C[C@H](O)[C@H]2N=C(C)S[C@H]2O1. The molecule has 1 fully saturated rings. The Morgan fingerprint density at radius 1 is 1.71 bits per heavy atom. The maximum atomic E-state index is 9.84. The number of aliphatic hydroxyl groups excluding tert-OH is 1. The largest absolute Gasteiger partial charge is 0.391 e. The lowest BCUT2D eigenvalue weighted by molar-refractivity contribution is -0.0932. The highest BCUT2D eigenvalue weighted by atomic mass is 32.2. The molecule has 80 valence electrons. The summed E-state index contributed by atoms with van der Waals surface area (Å²) in [5.74, 6) is 0. The number of ether oxygens (including phenoxy) is 2. The van der Waals surface area contributed by atoms with Crippen molar-refractivity contribution in [3.63, 3.8) is 0 Å². The van der Waals surface area contributed by atoms with Crippen molar-refractivity contribution in [1.29, 1.82) is 0 Å². The summed E-state index contributed by atoms with van der Waals surface area (Å²) in [5, 5.41) is 10.8. The third-order valence-corrected chi connectivity index (χ3v) is 3.54. The van der Waals surface area contributed by atoms with E-state index in [1.54, 1.807) is 18.9 Å². The molecule has 0 aromatic heterocycles. The highest BCUT2D eigenvalue weighted by Crippen LogP contribution is 2.35. The van der Waals surface area contributed by atoms with E-state index < -0.39 is 0 Å². The average molecular weight is 217 g/mol. The molecule has 0 radical (unpaired) electrons. The fourth-order valence-electron chi connectivity index (χ4n) is 1.86. The van der Waals surface area contributed by atoms with Crippen LogP contribution in [0.2, 0.25) is 0 Å². The molecule has 2 heterocycles. The first-order valence-electron chi connectivity index (χ1n) is 4.74. The van der Waals surface area contributed by atoms with Crippen LogP contribution in [0.25, 0.3) is 0 Å². The van der Waals surface area contributed by atoms with Gasteiger partial charge in [-0.15, -0.1) is 0 Å². The third-order valence-electron chi connectivity index (χ3n) is 2.47. The Hall–Kier alpha value is -0.100. The van der Waals surface area contributed by atoms with Gasteiger partial charge in [-0.05, 0) is 6.92 Å². The van der Waals surface area contributed by atoms with Gasteiger partial charge in [-0.2, -0.15) is 0 Å². The number of thioether (sulfide) groups is 1. The summed E-state index contributed by atoms with van der Waals surface area (Å²) in [4.78, 5) is 4.35. The van der Waals surface area contributed by atoms with Gasteiger partial charge in [0.15, 0.2) is 0 Å². The summed E-state index contributed by atoms with van der Waals surface area (Å²) in [6.07, 6.45) is 0.232. The number of hydrogen-bond donors (Lipinski definition) is 1. The second-order valence-electron chi connectivity index (χ2n) is 3.64. The fraction of sp³-hybridized carbons (Fsp3) is 0.889. The normalized spacial score (nSPS) is 42.1. The summed E-state index contributed by atoms with van der Waals surface area (Å²) in [6, 6.07) is -0.0758. The van der Waals surface area contributed by atoms with Gasteiger partial charge in [0.1, 0.15) is 11.5 Å². The molecule has 0 saturated carbocycles. The van der Waals surface area contributed by atoms with Crippen LogP contribution in [0.5, 0.6) is 0 Å². The first-order valence-corrected chi connectivity index (χ1v) is 5.62. The van der Waals surface area contributed by atoms with Gasteiger partial charge >= 0.3 is 0 Å². The summed E-state index contributed by atoms with van der Waals surface area (Å²) < 4.78 is 10.8. The van der Waals surface area contributed by atoms with Crippen molar-refractivity contribution in [2.45, 2.75) is 37.0 Å². The highest BCUT2D eigenvalue weighted by molar-refractivity contribution is 8.14. The van der Waals surface area contributed by atoms with E-state index in [4.69, 9.17) is 9.47 Å². The summed E-state index contributed by atoms with van der Waals surface area (Å²) in [5.41, 5.74) is -0.0149. The summed E-state index contributed by atoms with van der Waals surface area (Å²) in [7, 11) is 1.64. The Morgan fingerprint density at radius 3 is 3.21 bits per heavy atom. The molecular weight excluding hydrogens is 202 g/mol. The molecule has 1 N–H and O–H groups in total. The number of hydrogen-bond acceptors (Lipinski definition) is 5. The van der Waals surface area contributed by atoms with E-state index in [-0.39, 0.29) is 23.7 Å². The topological polar surface area (TPSA) is 51.0 Å². The van der Waals surface area contributed by atoms with Crippen molar-refractivity contribution in [3.05, 3.63) is 0 Å². The lowest BCUT2D eigenvalue weighted by atomic mass is 10.0. The molecule has 2 rings (SSSR count). The van der Waals surface area contributed by atoms with Gasteiger partial charge in [0.2, 0.25) is 0 Å². The van der Waals surface area contributed by atoms with Crippen molar-refractivity contribution in [3.8, 4) is 0 Å². The third kappa shape index (κ3) is 1.95. The quantitative estimate of drug-likeness (QED) is 0.737. The minimum absolute atomic E-state index is 0.00449. The molecule has 1 saturated heterocycles. The molecule has 0 spiro atoms. The van der Waals surface area contributed by atoms with Crippen molar-refractivity contribution in [2.24, 2.45) is 4.99 Å². The van der Waals surface area contributed by atoms with Gasteiger partial charge in [-0.25, -0.2) is 0 Å². The first-order chi connectivity index (χ1) is 6.70. The van der Waals surface area contributed by atoms with E-state index in [2.05, 4.69) is 4.99 Å². The van der Waals surface area contributed by atoms with Crippen LogP contribution >= 0.6 is 11.8 Å². The highest BCUT2D eigenvalue weighted by Gasteiger charge is 2.41. The summed E-state index contributed by atoms with van der Waals surface area (Å²) >= 11 is 1.60. The molecule has 0 bridgehead atoms. The zero-order valence-electron chi connectivity index (χ0n) is 8.34. The van der Waals surface area contributed by atoms with E-state index in [0.29, 0.717) is 13.0 Å². The van der Waals surface area contributed by atoms with Crippen molar-refractivity contribution in [2.75, 3.05) is 13.7 Å². The second-order valence-corrected chi connectivity index (χ2v) is 4.93. The van der Waals surface area contributed by atoms with Gasteiger partial charge in [0.25, 0.3) is 0 Å². The van der Waals surface area contributed by atoms with E-state index in [9.17, 15) is 5.11 Å². The average Bonchev–Trinajstić information content (AvgIpc) is 2.47. The van der Waals surface area contributed by atoms with Gasteiger partial charge in [0, 0.05) is 13.5 Å². The van der Waals surface area contributed by atoms with Crippen molar-refractivity contribution in [1.82, 2.24) is 0 Å². The van der Waals surface area contributed by atoms with Crippen LogP contribution in [0.3, 0.4) is 0 Å². The first kappa shape index (κ1) is 10.4. The van der Waals surface area contributed by atoms with Crippen LogP contribution < -0.4 is 0 Å². The number of methoxy groups -OCH3 is 1. The Bertz CT molecular complexity index is 246. The fourth-order valence-corrected chi connectivity index (χ4v) is 2.98. The predicted octanol–water partition coefficient (Wildman–Crippen LogP) is 0.643. The van der Waals surface area contributed by atoms with Crippen LogP contribution in [0.1, 0.15) is 13.3 Å². The maximum Gasteiger partial charge on any atom is 0.134 e. The molecule has 4 nitrogen and oxygen atoms in total. The molecule has 0 aliphatic carbocycles. The number of nitrogens with zero attached hydrogens (tertiary/aromatic N) is 1. The second kappa shape index (κ2) is 4.18. The van der Waals surface area contributed by atoms with E-state index in [1.807, 2.05) is 6.92 Å². The van der Waals surface area contributed by atoms with Crippen LogP contribution in [-0.4, -0.2) is 47.6 Å². The molecular formula is C9H15NO3S. The molecule has 0 aromatic rings. The lowest BCUT2D eigenvalue weighted by Gasteiger charge is -2.33. The minimum atomic E-state index is -0.390. The Morgan fingerprint density at radius 2 is 2.50 bits per heavy atom. The van der Waals surface area contributed by atoms with Gasteiger partial charge in [-0.1, -0.05) is 11.8 Å². The number of rotatable bonds is 2. The predicted molar refractivity (Wildman–Crippen MR) is 55.6 cm³/mol. The molecule has 14 heavy (non-hydrogen) atoms. The van der Waals surface area contributed by atoms with Gasteiger partial charge in [0.05, 0.1) is 23.9 Å². The molecule has 5 heteroatoms. The molecule has 4 atom stereocenters. The smallest absolute Gasteiger partial charge is 0.134 e. The zero-order valence-corrected chi connectivity index (χ0v) is 9.16. The number of fused-ring (bicyclic) bond motifs is 1. The molecule has 0 amide bonds. The van der Waals surface area contributed by atoms with Crippen molar-refractivity contribution >= 4 is 16.8 Å². The number of aliphatic hydroxyl groups is 1. The maximum absolute atomic E-state index is 9.84. The Labute approximate surface area is 87.7 Å². The minimum Gasteiger partial charge on any atom is -0.391 e. The zero-order chi connectivity index (χ0) is 10.1. The molecule has 2 aliphatic heterocycles. The van der Waals surface area contributed by atoms with Crippen LogP contribution in [0.4, 0.5) is 0 Å². The standard InChI is InChI=1S/C9H15NO3S/c1-5-10-8-7(11)3-6(4-12-2)13-9(8)14-5/h6-9,11H,3-4H2,1-2H3/t6-,7-,8+,9+/m0/s1. The number of aliphatic imine (C=N–C) groups is 1. The van der Waals surface area contributed by atoms with E-state index >= 15 is 0 Å². The van der Waals surface area contributed by atoms with E-state index in [1.165, 1.54) is 0 Å². The van der Waals surface area contributed by atoms with Gasteiger partial charge in [-0.3, -0.25) is 4.99 Å². The van der Waals surface area contributed by atoms with Gasteiger partial charge < -0.3 is 14.6 Å². The van der Waals surface area contributed by atoms with Crippen LogP contribution in [-0.2, 0) is 9.47 Å². The van der Waals surface area contributed by atoms with Crippen LogP contribution in [0, 0.1) is 0 Å². The molecule has 0 aromatic carbocycles. The summed E-state index contributed by atoms with van der Waals surface area (Å²) in [6.45, 7) is 2.49. The Kier molecular flexibility index (Phi) is 3.11. The monoisotopic (exact) mass is 217 g/mol. The molecule has 2 aliphatic rings. The van der Waals surface area contributed by atoms with Crippen LogP contribution in [0.15, 0.2) is 4.99 Å². The van der Waals surface area contributed by atoms with E-state index in [0.717, 1.165) is 5.04 Å². The molecule has 0 unspecified atom stereocenters.